The highest BCUT2D eigenvalue weighted by Crippen LogP contribution is 2.08. The van der Waals surface area contributed by atoms with Crippen LogP contribution in [0.5, 0.6) is 0 Å². The van der Waals surface area contributed by atoms with Gasteiger partial charge in [-0.1, -0.05) is 18.2 Å². The van der Waals surface area contributed by atoms with Gasteiger partial charge in [0.2, 0.25) is 0 Å². The molecule has 2 rings (SSSR count). The van der Waals surface area contributed by atoms with Gasteiger partial charge < -0.3 is 10.6 Å². The number of nitrogens with one attached hydrogen (secondary N) is 2. The lowest BCUT2D eigenvalue weighted by Gasteiger charge is -2.10. The molecule has 0 fully saturated rings. The van der Waals surface area contributed by atoms with Gasteiger partial charge in [0.1, 0.15) is 0 Å². The van der Waals surface area contributed by atoms with E-state index in [0.717, 1.165) is 18.2 Å². The van der Waals surface area contributed by atoms with Crippen molar-refractivity contribution < 1.29 is 0 Å². The van der Waals surface area contributed by atoms with Crippen molar-refractivity contribution in [1.29, 1.82) is 0 Å². The molecule has 112 valence electrons. The van der Waals surface area contributed by atoms with Crippen molar-refractivity contribution in [1.82, 2.24) is 20.4 Å². The zero-order chi connectivity index (χ0) is 14.2. The number of hydrogen-bond acceptors (Lipinski definition) is 2. The van der Waals surface area contributed by atoms with Crippen molar-refractivity contribution in [3.8, 4) is 5.69 Å². The van der Waals surface area contributed by atoms with Crippen LogP contribution in [0.1, 0.15) is 5.56 Å². The van der Waals surface area contributed by atoms with E-state index in [2.05, 4.69) is 39.4 Å². The average Bonchev–Trinajstić information content (AvgIpc) is 3.02. The van der Waals surface area contributed by atoms with Gasteiger partial charge in [0, 0.05) is 32.5 Å². The van der Waals surface area contributed by atoms with Crippen molar-refractivity contribution in [2.45, 2.75) is 6.54 Å². The fourth-order valence-corrected chi connectivity index (χ4v) is 1.76. The third-order valence-electron chi connectivity index (χ3n) is 2.80. The van der Waals surface area contributed by atoms with E-state index in [0.29, 0.717) is 6.54 Å². The Morgan fingerprint density at radius 3 is 2.67 bits per heavy atom. The minimum Gasteiger partial charge on any atom is -0.353 e. The molecule has 0 saturated heterocycles. The topological polar surface area (TPSA) is 54.2 Å². The summed E-state index contributed by atoms with van der Waals surface area (Å²) in [5.41, 5.74) is 2.23. The summed E-state index contributed by atoms with van der Waals surface area (Å²) in [4.78, 5) is 4.13. The number of benzene rings is 1. The number of guanidine groups is 1. The van der Waals surface area contributed by atoms with Gasteiger partial charge in [0.25, 0.3) is 0 Å². The van der Waals surface area contributed by atoms with Gasteiger partial charge in [-0.05, 0) is 23.8 Å². The number of aromatic nitrogens is 2. The summed E-state index contributed by atoms with van der Waals surface area (Å²) < 4.78 is 1.84. The van der Waals surface area contributed by atoms with Crippen molar-refractivity contribution in [2.24, 2.45) is 4.99 Å². The van der Waals surface area contributed by atoms with Crippen LogP contribution in [0.3, 0.4) is 0 Å². The summed E-state index contributed by atoms with van der Waals surface area (Å²) in [6.45, 7) is 5.08. The van der Waals surface area contributed by atoms with Crippen LogP contribution < -0.4 is 10.6 Å². The first-order chi connectivity index (χ1) is 9.83. The van der Waals surface area contributed by atoms with E-state index in [4.69, 9.17) is 0 Å². The minimum atomic E-state index is 0. The predicted octanol–water partition coefficient (Wildman–Crippen LogP) is 2.34. The molecular weight excluding hydrogens is 377 g/mol. The Hall–Kier alpha value is -1.83. The van der Waals surface area contributed by atoms with Gasteiger partial charge in [-0.15, -0.1) is 30.6 Å². The standard InChI is InChI=1S/C15H19N5.HI/c1-3-9-17-15(16-2)18-12-13-5-7-14(8-6-13)20-11-4-10-19-20;/h3-8,10-11H,1,9,12H2,2H3,(H2,16,17,18);1H. The molecule has 0 saturated carbocycles. The Morgan fingerprint density at radius 1 is 1.33 bits per heavy atom. The van der Waals surface area contributed by atoms with Crippen LogP contribution in [0.2, 0.25) is 0 Å². The van der Waals surface area contributed by atoms with Gasteiger partial charge >= 0.3 is 0 Å². The lowest BCUT2D eigenvalue weighted by Crippen LogP contribution is -2.36. The highest BCUT2D eigenvalue weighted by Gasteiger charge is 1.99. The molecule has 2 aromatic rings. The molecule has 0 unspecified atom stereocenters. The largest absolute Gasteiger partial charge is 0.353 e. The Bertz CT molecular complexity index is 560. The molecular formula is C15H20IN5. The number of rotatable bonds is 5. The Morgan fingerprint density at radius 2 is 2.10 bits per heavy atom. The molecule has 21 heavy (non-hydrogen) atoms. The SMILES string of the molecule is C=CCNC(=NC)NCc1ccc(-n2cccn2)cc1.I. The molecule has 2 N–H and O–H groups in total. The lowest BCUT2D eigenvalue weighted by atomic mass is 10.2. The van der Waals surface area contributed by atoms with Crippen LogP contribution in [0.15, 0.2) is 60.4 Å². The molecule has 0 spiro atoms. The molecule has 6 heteroatoms. The lowest BCUT2D eigenvalue weighted by molar-refractivity contribution is 0.843. The molecule has 0 aliphatic heterocycles. The molecule has 0 radical (unpaired) electrons. The maximum atomic E-state index is 4.20. The predicted molar refractivity (Wildman–Crippen MR) is 97.4 cm³/mol. The van der Waals surface area contributed by atoms with Crippen molar-refractivity contribution in [3.63, 3.8) is 0 Å². The van der Waals surface area contributed by atoms with Gasteiger partial charge in [-0.2, -0.15) is 5.10 Å². The van der Waals surface area contributed by atoms with Gasteiger partial charge in [-0.25, -0.2) is 4.68 Å². The van der Waals surface area contributed by atoms with E-state index in [9.17, 15) is 0 Å². The van der Waals surface area contributed by atoms with Crippen molar-refractivity contribution in [3.05, 3.63) is 60.9 Å². The molecule has 0 atom stereocenters. The van der Waals surface area contributed by atoms with E-state index in [-0.39, 0.29) is 24.0 Å². The fraction of sp³-hybridized carbons (Fsp3) is 0.200. The molecule has 1 heterocycles. The monoisotopic (exact) mass is 397 g/mol. The van der Waals surface area contributed by atoms with Crippen molar-refractivity contribution in [2.75, 3.05) is 13.6 Å². The molecule has 0 amide bonds. The second-order valence-electron chi connectivity index (χ2n) is 4.21. The van der Waals surface area contributed by atoms with Crippen LogP contribution >= 0.6 is 24.0 Å². The zero-order valence-electron chi connectivity index (χ0n) is 12.0. The van der Waals surface area contributed by atoms with E-state index < -0.39 is 0 Å². The van der Waals surface area contributed by atoms with Gasteiger partial charge in [-0.3, -0.25) is 4.99 Å². The van der Waals surface area contributed by atoms with E-state index in [1.165, 1.54) is 5.56 Å². The molecule has 0 aliphatic rings. The Labute approximate surface area is 142 Å². The first kappa shape index (κ1) is 17.2. The average molecular weight is 397 g/mol. The normalized spacial score (nSPS) is 10.6. The molecule has 5 nitrogen and oxygen atoms in total. The molecule has 1 aromatic carbocycles. The van der Waals surface area contributed by atoms with E-state index in [1.807, 2.05) is 29.1 Å². The maximum absolute atomic E-state index is 4.20. The molecule has 0 bridgehead atoms. The summed E-state index contributed by atoms with van der Waals surface area (Å²) in [6.07, 6.45) is 5.49. The zero-order valence-corrected chi connectivity index (χ0v) is 14.3. The molecule has 1 aromatic heterocycles. The number of hydrogen-bond donors (Lipinski definition) is 2. The van der Waals surface area contributed by atoms with E-state index >= 15 is 0 Å². The quantitative estimate of drug-likeness (QED) is 0.353. The van der Waals surface area contributed by atoms with Crippen molar-refractivity contribution >= 4 is 29.9 Å². The number of nitrogens with zero attached hydrogens (tertiary/aromatic N) is 3. The maximum Gasteiger partial charge on any atom is 0.191 e. The van der Waals surface area contributed by atoms with Crippen LogP contribution in [-0.4, -0.2) is 29.3 Å². The number of aliphatic imine (C=N–C) groups is 1. The Kier molecular flexibility index (Phi) is 7.52. The summed E-state index contributed by atoms with van der Waals surface area (Å²) in [5.74, 6) is 0.765. The fourth-order valence-electron chi connectivity index (χ4n) is 1.76. The smallest absolute Gasteiger partial charge is 0.191 e. The second kappa shape index (κ2) is 9.17. The summed E-state index contributed by atoms with van der Waals surface area (Å²) in [5, 5.41) is 10.6. The van der Waals surface area contributed by atoms with Crippen LogP contribution in [-0.2, 0) is 6.54 Å². The second-order valence-corrected chi connectivity index (χ2v) is 4.21. The number of halogens is 1. The van der Waals surface area contributed by atoms with Crippen LogP contribution in [0.25, 0.3) is 5.69 Å². The van der Waals surface area contributed by atoms with Crippen LogP contribution in [0, 0.1) is 0 Å². The third-order valence-corrected chi connectivity index (χ3v) is 2.80. The first-order valence-corrected chi connectivity index (χ1v) is 6.48. The third kappa shape index (κ3) is 5.22. The van der Waals surface area contributed by atoms with E-state index in [1.54, 1.807) is 19.3 Å². The summed E-state index contributed by atoms with van der Waals surface area (Å²) >= 11 is 0. The highest BCUT2D eigenvalue weighted by atomic mass is 127. The van der Waals surface area contributed by atoms with Gasteiger partial charge in [0.05, 0.1) is 5.69 Å². The highest BCUT2D eigenvalue weighted by molar-refractivity contribution is 14.0. The Balaban J connectivity index is 0.00000220. The van der Waals surface area contributed by atoms with Gasteiger partial charge in [0.15, 0.2) is 5.96 Å². The summed E-state index contributed by atoms with van der Waals surface area (Å²) in [7, 11) is 1.75. The minimum absolute atomic E-state index is 0. The molecule has 0 aliphatic carbocycles. The first-order valence-electron chi connectivity index (χ1n) is 6.48. The summed E-state index contributed by atoms with van der Waals surface area (Å²) in [6, 6.07) is 10.1. The van der Waals surface area contributed by atoms with Crippen LogP contribution in [0.4, 0.5) is 0 Å².